The molecule has 0 bridgehead atoms. The summed E-state index contributed by atoms with van der Waals surface area (Å²) in [5.41, 5.74) is 3.67. The van der Waals surface area contributed by atoms with Crippen LogP contribution in [0.5, 0.6) is 17.4 Å². The van der Waals surface area contributed by atoms with Gasteiger partial charge in [0.2, 0.25) is 5.88 Å². The second-order valence-corrected chi connectivity index (χ2v) is 6.40. The first-order valence-corrected chi connectivity index (χ1v) is 9.03. The maximum Gasteiger partial charge on any atom is 0.337 e. The second kappa shape index (κ2) is 9.55. The number of anilines is 1. The first-order valence-electron chi connectivity index (χ1n) is 8.65. The number of carbonyl (C=O) groups is 1. The van der Waals surface area contributed by atoms with Crippen LogP contribution in [0.2, 0.25) is 5.02 Å². The number of hydrazone groups is 1. The number of halogens is 1. The fourth-order valence-electron chi connectivity index (χ4n) is 2.44. The SMILES string of the molecule is COc1cc(C=NNc2ccc(Cl)c(C(=O)O)c2)ccc1Oc1ccc([N+](=O)[O-])cn1. The molecule has 3 rings (SSSR count). The third-order valence-electron chi connectivity index (χ3n) is 3.94. The van der Waals surface area contributed by atoms with E-state index in [1.165, 1.54) is 37.6 Å². The average molecular weight is 443 g/mol. The number of ether oxygens (including phenoxy) is 2. The summed E-state index contributed by atoms with van der Waals surface area (Å²) in [7, 11) is 1.46. The van der Waals surface area contributed by atoms with Gasteiger partial charge in [-0.1, -0.05) is 11.6 Å². The van der Waals surface area contributed by atoms with Gasteiger partial charge in [-0.05, 0) is 42.0 Å². The maximum atomic E-state index is 11.1. The lowest BCUT2D eigenvalue weighted by atomic mass is 10.2. The number of carboxylic acid groups (broad SMARTS) is 1. The van der Waals surface area contributed by atoms with Crippen molar-refractivity contribution in [3.63, 3.8) is 0 Å². The van der Waals surface area contributed by atoms with Crippen LogP contribution in [0.25, 0.3) is 0 Å². The highest BCUT2D eigenvalue weighted by atomic mass is 35.5. The summed E-state index contributed by atoms with van der Waals surface area (Å²) in [6.45, 7) is 0. The van der Waals surface area contributed by atoms with Crippen molar-refractivity contribution in [3.8, 4) is 17.4 Å². The van der Waals surface area contributed by atoms with E-state index in [-0.39, 0.29) is 22.2 Å². The zero-order valence-electron chi connectivity index (χ0n) is 16.0. The highest BCUT2D eigenvalue weighted by Gasteiger charge is 2.11. The largest absolute Gasteiger partial charge is 0.493 e. The molecule has 0 atom stereocenters. The molecular formula is C20H15ClN4O6. The molecule has 0 aliphatic heterocycles. The predicted octanol–water partition coefficient (Wildman–Crippen LogP) is 4.59. The predicted molar refractivity (Wildman–Crippen MR) is 114 cm³/mol. The highest BCUT2D eigenvalue weighted by molar-refractivity contribution is 6.33. The summed E-state index contributed by atoms with van der Waals surface area (Å²) in [6, 6.07) is 12.1. The van der Waals surface area contributed by atoms with Gasteiger partial charge in [-0.25, -0.2) is 9.78 Å². The van der Waals surface area contributed by atoms with E-state index in [1.807, 2.05) is 0 Å². The minimum Gasteiger partial charge on any atom is -0.493 e. The van der Waals surface area contributed by atoms with Crippen LogP contribution in [0.15, 0.2) is 59.8 Å². The molecule has 0 aliphatic carbocycles. The number of rotatable bonds is 8. The molecular weight excluding hydrogens is 428 g/mol. The smallest absolute Gasteiger partial charge is 0.337 e. The standard InChI is InChI=1S/C20H15ClN4O6/c1-30-18-8-12(10-23-24-13-3-5-16(21)15(9-13)20(26)27)2-6-17(18)31-19-7-4-14(11-22-19)25(28)29/h2-11,24H,1H3,(H,26,27). The Morgan fingerprint density at radius 3 is 2.68 bits per heavy atom. The van der Waals surface area contributed by atoms with Crippen molar-refractivity contribution in [3.05, 3.63) is 81.0 Å². The Balaban J connectivity index is 1.71. The molecule has 0 saturated heterocycles. The molecule has 2 aromatic carbocycles. The monoisotopic (exact) mass is 442 g/mol. The minimum atomic E-state index is -1.14. The number of benzene rings is 2. The van der Waals surface area contributed by atoms with Crippen molar-refractivity contribution in [1.82, 2.24) is 4.98 Å². The topological polar surface area (TPSA) is 136 Å². The van der Waals surface area contributed by atoms with Crippen molar-refractivity contribution in [2.45, 2.75) is 0 Å². The lowest BCUT2D eigenvalue weighted by Gasteiger charge is -2.10. The van der Waals surface area contributed by atoms with Crippen LogP contribution in [0.1, 0.15) is 15.9 Å². The third-order valence-corrected chi connectivity index (χ3v) is 4.27. The molecule has 0 radical (unpaired) electrons. The number of pyridine rings is 1. The van der Waals surface area contributed by atoms with Crippen molar-refractivity contribution in [2.75, 3.05) is 12.5 Å². The Morgan fingerprint density at radius 2 is 2.03 bits per heavy atom. The van der Waals surface area contributed by atoms with E-state index in [4.69, 9.17) is 26.2 Å². The molecule has 0 unspecified atom stereocenters. The Hall–Kier alpha value is -4.18. The minimum absolute atomic E-state index is 0.0371. The van der Waals surface area contributed by atoms with Gasteiger partial charge in [-0.3, -0.25) is 15.5 Å². The van der Waals surface area contributed by atoms with E-state index < -0.39 is 10.9 Å². The molecule has 0 spiro atoms. The number of hydrogen-bond donors (Lipinski definition) is 2. The molecule has 11 heteroatoms. The summed E-state index contributed by atoms with van der Waals surface area (Å²) in [6.07, 6.45) is 2.60. The molecule has 0 aliphatic rings. The average Bonchev–Trinajstić information content (AvgIpc) is 2.76. The Labute approximate surface area is 180 Å². The zero-order chi connectivity index (χ0) is 22.4. The fourth-order valence-corrected chi connectivity index (χ4v) is 2.64. The fraction of sp³-hybridized carbons (Fsp3) is 0.0500. The van der Waals surface area contributed by atoms with Crippen LogP contribution in [-0.2, 0) is 0 Å². The highest BCUT2D eigenvalue weighted by Crippen LogP contribution is 2.31. The summed E-state index contributed by atoms with van der Waals surface area (Å²) >= 11 is 5.84. The molecule has 31 heavy (non-hydrogen) atoms. The number of aromatic carboxylic acids is 1. The molecule has 10 nitrogen and oxygen atoms in total. The van der Waals surface area contributed by atoms with E-state index in [1.54, 1.807) is 24.3 Å². The molecule has 0 fully saturated rings. The van der Waals surface area contributed by atoms with Gasteiger partial charge in [0.05, 0.1) is 34.5 Å². The number of hydrogen-bond acceptors (Lipinski definition) is 8. The molecule has 1 heterocycles. The normalized spacial score (nSPS) is 10.6. The molecule has 1 aromatic heterocycles. The number of nitro groups is 1. The van der Waals surface area contributed by atoms with Crippen molar-refractivity contribution < 1.29 is 24.3 Å². The molecule has 158 valence electrons. The summed E-state index contributed by atoms with van der Waals surface area (Å²) in [4.78, 5) is 25.2. The Kier molecular flexibility index (Phi) is 6.63. The summed E-state index contributed by atoms with van der Waals surface area (Å²) in [5, 5.41) is 24.0. The molecule has 0 amide bonds. The van der Waals surface area contributed by atoms with E-state index in [9.17, 15) is 14.9 Å². The van der Waals surface area contributed by atoms with Crippen molar-refractivity contribution >= 4 is 35.2 Å². The number of methoxy groups -OCH3 is 1. The van der Waals surface area contributed by atoms with E-state index in [0.29, 0.717) is 22.7 Å². The van der Waals surface area contributed by atoms with Gasteiger partial charge < -0.3 is 14.6 Å². The lowest BCUT2D eigenvalue weighted by Crippen LogP contribution is -1.99. The summed E-state index contributed by atoms with van der Waals surface area (Å²) in [5.74, 6) is -0.217. The van der Waals surface area contributed by atoms with Gasteiger partial charge >= 0.3 is 5.97 Å². The molecule has 2 N–H and O–H groups in total. The van der Waals surface area contributed by atoms with Crippen molar-refractivity contribution in [1.29, 1.82) is 0 Å². The number of nitrogens with zero attached hydrogens (tertiary/aromatic N) is 3. The van der Waals surface area contributed by atoms with Gasteiger partial charge in [0.1, 0.15) is 6.20 Å². The van der Waals surface area contributed by atoms with Crippen LogP contribution in [-0.4, -0.2) is 34.3 Å². The number of aromatic nitrogens is 1. The lowest BCUT2D eigenvalue weighted by molar-refractivity contribution is -0.385. The van der Waals surface area contributed by atoms with Gasteiger partial charge in [-0.15, -0.1) is 0 Å². The first-order chi connectivity index (χ1) is 14.9. The van der Waals surface area contributed by atoms with E-state index >= 15 is 0 Å². The van der Waals surface area contributed by atoms with Gasteiger partial charge in [-0.2, -0.15) is 5.10 Å². The van der Waals surface area contributed by atoms with Crippen molar-refractivity contribution in [2.24, 2.45) is 5.10 Å². The maximum absolute atomic E-state index is 11.1. The van der Waals surface area contributed by atoms with Crippen LogP contribution in [0, 0.1) is 10.1 Å². The third kappa shape index (κ3) is 5.46. The Morgan fingerprint density at radius 1 is 1.23 bits per heavy atom. The molecule has 0 saturated carbocycles. The van der Waals surface area contributed by atoms with Crippen LogP contribution in [0.4, 0.5) is 11.4 Å². The van der Waals surface area contributed by atoms with Gasteiger partial charge in [0, 0.05) is 12.1 Å². The zero-order valence-corrected chi connectivity index (χ0v) is 16.7. The number of nitrogens with one attached hydrogen (secondary N) is 1. The van der Waals surface area contributed by atoms with Gasteiger partial charge in [0.25, 0.3) is 5.69 Å². The quantitative estimate of drug-likeness (QED) is 0.293. The van der Waals surface area contributed by atoms with E-state index in [2.05, 4.69) is 15.5 Å². The second-order valence-electron chi connectivity index (χ2n) is 5.99. The van der Waals surface area contributed by atoms with Crippen LogP contribution in [0.3, 0.4) is 0 Å². The first kappa shape index (κ1) is 21.5. The number of carboxylic acids is 1. The van der Waals surface area contributed by atoms with Gasteiger partial charge in [0.15, 0.2) is 11.5 Å². The van der Waals surface area contributed by atoms with E-state index in [0.717, 1.165) is 6.20 Å². The molecule has 3 aromatic rings. The van der Waals surface area contributed by atoms with Crippen LogP contribution >= 0.6 is 11.6 Å². The summed E-state index contributed by atoms with van der Waals surface area (Å²) < 4.78 is 10.9. The Bertz CT molecular complexity index is 1150. The van der Waals surface area contributed by atoms with Crippen LogP contribution < -0.4 is 14.9 Å².